The topological polar surface area (TPSA) is 56.5 Å². The third-order valence-electron chi connectivity index (χ3n) is 4.18. The molecule has 1 unspecified atom stereocenters. The van der Waals surface area contributed by atoms with Crippen molar-refractivity contribution in [1.82, 2.24) is 0 Å². The first-order valence-electron chi connectivity index (χ1n) is 7.99. The maximum Gasteiger partial charge on any atom is 0.336 e. The highest BCUT2D eigenvalue weighted by atomic mass is 35.5. The van der Waals surface area contributed by atoms with E-state index in [0.29, 0.717) is 28.5 Å². The van der Waals surface area contributed by atoms with Crippen molar-refractivity contribution >= 4 is 28.5 Å². The number of rotatable bonds is 4. The van der Waals surface area contributed by atoms with Gasteiger partial charge in [-0.3, -0.25) is 4.79 Å². The molecule has 6 heteroatoms. The number of esters is 1. The van der Waals surface area contributed by atoms with Crippen molar-refractivity contribution in [3.05, 3.63) is 69.3 Å². The molecule has 0 radical (unpaired) electrons. The van der Waals surface area contributed by atoms with Gasteiger partial charge in [0.25, 0.3) is 0 Å². The van der Waals surface area contributed by atoms with Gasteiger partial charge < -0.3 is 9.15 Å². The number of fused-ring (bicyclic) bond motifs is 1. The number of hydrogen-bond donors (Lipinski definition) is 0. The zero-order chi connectivity index (χ0) is 18.8. The highest BCUT2D eigenvalue weighted by Crippen LogP contribution is 2.33. The van der Waals surface area contributed by atoms with Crippen LogP contribution in [-0.4, -0.2) is 13.1 Å². The second kappa shape index (κ2) is 7.30. The monoisotopic (exact) mass is 374 g/mol. The summed E-state index contributed by atoms with van der Waals surface area (Å²) in [6.45, 7) is 1.76. The van der Waals surface area contributed by atoms with E-state index >= 15 is 0 Å². The first-order valence-corrected chi connectivity index (χ1v) is 8.37. The number of hydrogen-bond acceptors (Lipinski definition) is 4. The Morgan fingerprint density at radius 3 is 2.65 bits per heavy atom. The van der Waals surface area contributed by atoms with Gasteiger partial charge in [-0.2, -0.15) is 0 Å². The third-order valence-corrected chi connectivity index (χ3v) is 4.49. The Hall–Kier alpha value is -2.66. The summed E-state index contributed by atoms with van der Waals surface area (Å²) in [7, 11) is 1.34. The van der Waals surface area contributed by atoms with E-state index in [2.05, 4.69) is 0 Å². The van der Waals surface area contributed by atoms with Crippen LogP contribution in [0.3, 0.4) is 0 Å². The number of halogens is 2. The van der Waals surface area contributed by atoms with Crippen LogP contribution in [0, 0.1) is 11.7 Å². The molecule has 0 fully saturated rings. The van der Waals surface area contributed by atoms with E-state index in [-0.39, 0.29) is 16.9 Å². The summed E-state index contributed by atoms with van der Waals surface area (Å²) < 4.78 is 23.4. The van der Waals surface area contributed by atoms with E-state index in [1.165, 1.54) is 31.4 Å². The van der Waals surface area contributed by atoms with Crippen LogP contribution in [0.1, 0.15) is 12.5 Å². The van der Waals surface area contributed by atoms with Crippen molar-refractivity contribution in [1.29, 1.82) is 0 Å². The molecule has 26 heavy (non-hydrogen) atoms. The molecule has 1 aromatic heterocycles. The van der Waals surface area contributed by atoms with Gasteiger partial charge >= 0.3 is 11.6 Å². The minimum absolute atomic E-state index is 0.209. The van der Waals surface area contributed by atoms with Gasteiger partial charge in [0.1, 0.15) is 11.4 Å². The molecule has 0 saturated carbocycles. The van der Waals surface area contributed by atoms with Crippen molar-refractivity contribution in [2.45, 2.75) is 13.3 Å². The highest BCUT2D eigenvalue weighted by Gasteiger charge is 2.16. The van der Waals surface area contributed by atoms with Crippen LogP contribution in [0.4, 0.5) is 4.39 Å². The largest absolute Gasteiger partial charge is 0.469 e. The van der Waals surface area contributed by atoms with Crippen LogP contribution in [0.15, 0.2) is 51.7 Å². The Bertz CT molecular complexity index is 1040. The third kappa shape index (κ3) is 3.63. The summed E-state index contributed by atoms with van der Waals surface area (Å²) in [6, 6.07) is 10.7. The van der Waals surface area contributed by atoms with Crippen molar-refractivity contribution < 1.29 is 18.3 Å². The molecule has 3 aromatic rings. The van der Waals surface area contributed by atoms with Crippen LogP contribution in [0.25, 0.3) is 22.1 Å². The minimum atomic E-state index is -0.536. The van der Waals surface area contributed by atoms with Crippen LogP contribution in [0.5, 0.6) is 0 Å². The quantitative estimate of drug-likeness (QED) is 0.494. The van der Waals surface area contributed by atoms with E-state index < -0.39 is 11.4 Å². The van der Waals surface area contributed by atoms with Crippen LogP contribution in [0.2, 0.25) is 5.02 Å². The van der Waals surface area contributed by atoms with E-state index in [0.717, 1.165) is 5.56 Å². The molecule has 0 aliphatic rings. The Morgan fingerprint density at radius 1 is 1.19 bits per heavy atom. The molecule has 0 N–H and O–H groups in total. The van der Waals surface area contributed by atoms with Crippen LogP contribution in [-0.2, 0) is 16.0 Å². The fraction of sp³-hybridized carbons (Fsp3) is 0.200. The van der Waals surface area contributed by atoms with Crippen molar-refractivity contribution in [3.8, 4) is 11.1 Å². The molecule has 2 aromatic carbocycles. The molecule has 134 valence electrons. The second-order valence-corrected chi connectivity index (χ2v) is 6.47. The fourth-order valence-electron chi connectivity index (χ4n) is 2.90. The first-order chi connectivity index (χ1) is 12.4. The molecule has 1 atom stereocenters. The minimum Gasteiger partial charge on any atom is -0.469 e. The van der Waals surface area contributed by atoms with Gasteiger partial charge in [-0.1, -0.05) is 30.7 Å². The summed E-state index contributed by atoms with van der Waals surface area (Å²) in [5.74, 6) is -1.08. The van der Waals surface area contributed by atoms with Gasteiger partial charge in [-0.05, 0) is 36.2 Å². The molecule has 4 nitrogen and oxygen atoms in total. The SMILES string of the molecule is COC(=O)C(C)Cc1ccc2c(-c3ccc(F)cc3Cl)cc(=O)oc2c1. The number of benzene rings is 2. The number of methoxy groups -OCH3 is 1. The summed E-state index contributed by atoms with van der Waals surface area (Å²) >= 11 is 6.14. The molecule has 0 aliphatic carbocycles. The smallest absolute Gasteiger partial charge is 0.336 e. The second-order valence-electron chi connectivity index (χ2n) is 6.06. The van der Waals surface area contributed by atoms with E-state index in [1.54, 1.807) is 19.1 Å². The fourth-order valence-corrected chi connectivity index (χ4v) is 3.17. The lowest BCUT2D eigenvalue weighted by molar-refractivity contribution is -0.144. The summed E-state index contributed by atoms with van der Waals surface area (Å²) in [6.07, 6.45) is 0.452. The zero-order valence-corrected chi connectivity index (χ0v) is 15.0. The maximum atomic E-state index is 13.3. The summed E-state index contributed by atoms with van der Waals surface area (Å²) in [4.78, 5) is 23.6. The van der Waals surface area contributed by atoms with E-state index in [1.807, 2.05) is 6.07 Å². The molecule has 0 saturated heterocycles. The average molecular weight is 375 g/mol. The van der Waals surface area contributed by atoms with Gasteiger partial charge in [-0.25, -0.2) is 9.18 Å². The Labute approximate surface area is 154 Å². The predicted molar refractivity (Wildman–Crippen MR) is 97.8 cm³/mol. The lowest BCUT2D eigenvalue weighted by Gasteiger charge is -2.11. The van der Waals surface area contributed by atoms with Crippen molar-refractivity contribution in [2.75, 3.05) is 7.11 Å². The number of carbonyl (C=O) groups is 1. The molecule has 3 rings (SSSR count). The summed E-state index contributed by atoms with van der Waals surface area (Å²) in [5.41, 5.74) is 1.78. The molecule has 0 aliphatic heterocycles. The Balaban J connectivity index is 2.09. The van der Waals surface area contributed by atoms with Gasteiger partial charge in [0.05, 0.1) is 18.1 Å². The molecule has 0 bridgehead atoms. The number of carbonyl (C=O) groups excluding carboxylic acids is 1. The average Bonchev–Trinajstić information content (AvgIpc) is 2.60. The van der Waals surface area contributed by atoms with Gasteiger partial charge in [0.2, 0.25) is 0 Å². The lowest BCUT2D eigenvalue weighted by atomic mass is 9.97. The van der Waals surface area contributed by atoms with Crippen LogP contribution < -0.4 is 5.63 Å². The predicted octanol–water partition coefficient (Wildman–Crippen LogP) is 4.60. The van der Waals surface area contributed by atoms with Gasteiger partial charge in [0.15, 0.2) is 0 Å². The summed E-state index contributed by atoms with van der Waals surface area (Å²) in [5, 5.41) is 0.882. The Kier molecular flexibility index (Phi) is 5.09. The van der Waals surface area contributed by atoms with Crippen LogP contribution >= 0.6 is 11.6 Å². The maximum absolute atomic E-state index is 13.3. The van der Waals surface area contributed by atoms with E-state index in [9.17, 15) is 14.0 Å². The Morgan fingerprint density at radius 2 is 1.96 bits per heavy atom. The lowest BCUT2D eigenvalue weighted by Crippen LogP contribution is -2.15. The zero-order valence-electron chi connectivity index (χ0n) is 14.2. The number of ether oxygens (including phenoxy) is 1. The normalized spacial score (nSPS) is 12.2. The molecular weight excluding hydrogens is 359 g/mol. The van der Waals surface area contributed by atoms with Crippen molar-refractivity contribution in [2.24, 2.45) is 5.92 Å². The first kappa shape index (κ1) is 18.1. The molecule has 0 amide bonds. The van der Waals surface area contributed by atoms with Gasteiger partial charge in [0, 0.05) is 22.6 Å². The standard InChI is InChI=1S/C20H16ClFO4/c1-11(20(24)25-2)7-12-3-5-15-16(10-19(23)26-18(15)8-12)14-6-4-13(22)9-17(14)21/h3-6,8-11H,7H2,1-2H3. The molecular formula is C20H16ClFO4. The van der Waals surface area contributed by atoms with Crippen molar-refractivity contribution in [3.63, 3.8) is 0 Å². The highest BCUT2D eigenvalue weighted by molar-refractivity contribution is 6.33. The molecule has 0 spiro atoms. The van der Waals surface area contributed by atoms with Gasteiger partial charge in [-0.15, -0.1) is 0 Å². The molecule has 1 heterocycles. The van der Waals surface area contributed by atoms with E-state index in [4.69, 9.17) is 20.8 Å².